The zero-order valence-corrected chi connectivity index (χ0v) is 15.9. The van der Waals surface area contributed by atoms with Gasteiger partial charge in [0.15, 0.2) is 5.78 Å². The maximum absolute atomic E-state index is 12.8. The van der Waals surface area contributed by atoms with Gasteiger partial charge in [0.2, 0.25) is 0 Å². The Labute approximate surface area is 158 Å². The lowest BCUT2D eigenvalue weighted by molar-refractivity contribution is -0.132. The minimum Gasteiger partial charge on any atom is -0.490 e. The van der Waals surface area contributed by atoms with Crippen molar-refractivity contribution < 1.29 is 23.8 Å². The third-order valence-corrected chi connectivity index (χ3v) is 4.72. The van der Waals surface area contributed by atoms with Gasteiger partial charge in [0, 0.05) is 18.2 Å². The van der Waals surface area contributed by atoms with Crippen molar-refractivity contribution in [1.82, 2.24) is 0 Å². The maximum Gasteiger partial charge on any atom is 0.308 e. The van der Waals surface area contributed by atoms with Gasteiger partial charge in [-0.3, -0.25) is 9.59 Å². The molecule has 2 aromatic rings. The van der Waals surface area contributed by atoms with Crippen LogP contribution in [0.4, 0.5) is 5.69 Å². The number of carbonyl (C=O) groups excluding carboxylic acids is 2. The van der Waals surface area contributed by atoms with Crippen LogP contribution in [-0.2, 0) is 4.79 Å². The van der Waals surface area contributed by atoms with E-state index in [1.165, 1.54) is 6.92 Å². The number of nitrogen functional groups attached to an aromatic ring is 1. The third kappa shape index (κ3) is 3.74. The Kier molecular flexibility index (Phi) is 5.08. The van der Waals surface area contributed by atoms with Gasteiger partial charge in [-0.2, -0.15) is 0 Å². The van der Waals surface area contributed by atoms with Crippen molar-refractivity contribution >= 4 is 17.4 Å². The number of carbonyl (C=O) groups is 2. The maximum atomic E-state index is 12.8. The van der Waals surface area contributed by atoms with Crippen molar-refractivity contribution in [3.8, 4) is 17.2 Å². The number of hydrogen-bond donors (Lipinski definition) is 1. The summed E-state index contributed by atoms with van der Waals surface area (Å²) in [5.41, 5.74) is 9.02. The van der Waals surface area contributed by atoms with Gasteiger partial charge in [-0.05, 0) is 56.2 Å². The van der Waals surface area contributed by atoms with E-state index < -0.39 is 5.97 Å². The monoisotopic (exact) mass is 369 g/mol. The van der Waals surface area contributed by atoms with Gasteiger partial charge in [-0.25, -0.2) is 0 Å². The first-order valence-corrected chi connectivity index (χ1v) is 8.78. The predicted octanol–water partition coefficient (Wildman–Crippen LogP) is 3.53. The van der Waals surface area contributed by atoms with Crippen molar-refractivity contribution in [2.24, 2.45) is 0 Å². The molecule has 0 bridgehead atoms. The molecule has 1 unspecified atom stereocenters. The van der Waals surface area contributed by atoms with Gasteiger partial charge in [-0.1, -0.05) is 0 Å². The van der Waals surface area contributed by atoms with E-state index in [0.29, 0.717) is 34.1 Å². The van der Waals surface area contributed by atoms with Gasteiger partial charge >= 0.3 is 5.97 Å². The number of anilines is 1. The SMILES string of the molecule is CC(=O)Oc1c(C)c(C)c2c(c1C)C(=O)CC(COc1ccc(N)cc1)O2. The Hall–Kier alpha value is -3.02. The molecule has 2 N–H and O–H groups in total. The molecule has 3 rings (SSSR count). The molecule has 1 aliphatic rings. The van der Waals surface area contributed by atoms with Crippen molar-refractivity contribution in [3.05, 3.63) is 46.5 Å². The largest absolute Gasteiger partial charge is 0.490 e. The molecule has 0 radical (unpaired) electrons. The van der Waals surface area contributed by atoms with Gasteiger partial charge in [0.25, 0.3) is 0 Å². The summed E-state index contributed by atoms with van der Waals surface area (Å²) in [7, 11) is 0. The molecule has 0 aromatic heterocycles. The highest BCUT2D eigenvalue weighted by molar-refractivity contribution is 6.02. The fraction of sp³-hybridized carbons (Fsp3) is 0.333. The zero-order valence-electron chi connectivity index (χ0n) is 15.9. The van der Waals surface area contributed by atoms with Gasteiger partial charge in [0.1, 0.15) is 30.0 Å². The molecule has 1 heterocycles. The summed E-state index contributed by atoms with van der Waals surface area (Å²) in [6, 6.07) is 7.06. The second-order valence-electron chi connectivity index (χ2n) is 6.75. The molecule has 0 saturated carbocycles. The second-order valence-corrected chi connectivity index (χ2v) is 6.75. The standard InChI is InChI=1S/C21H23NO5/c1-11-12(2)21-19(13(3)20(11)26-14(4)23)18(24)9-17(27-21)10-25-16-7-5-15(22)6-8-16/h5-8,17H,9-10,22H2,1-4H3. The molecule has 1 aliphatic heterocycles. The summed E-state index contributed by atoms with van der Waals surface area (Å²) in [5.74, 6) is 1.19. The molecule has 27 heavy (non-hydrogen) atoms. The highest BCUT2D eigenvalue weighted by atomic mass is 16.5. The first kappa shape index (κ1) is 18.8. The lowest BCUT2D eigenvalue weighted by atomic mass is 9.91. The fourth-order valence-electron chi connectivity index (χ4n) is 3.24. The minimum atomic E-state index is -0.417. The summed E-state index contributed by atoms with van der Waals surface area (Å²) in [5, 5.41) is 0. The molecule has 6 nitrogen and oxygen atoms in total. The van der Waals surface area contributed by atoms with E-state index in [1.54, 1.807) is 31.2 Å². The van der Waals surface area contributed by atoms with Gasteiger partial charge < -0.3 is 19.9 Å². The quantitative estimate of drug-likeness (QED) is 0.504. The number of rotatable bonds is 4. The second kappa shape index (κ2) is 7.31. The molecule has 0 aliphatic carbocycles. The van der Waals surface area contributed by atoms with E-state index in [9.17, 15) is 9.59 Å². The van der Waals surface area contributed by atoms with Crippen LogP contribution in [0.25, 0.3) is 0 Å². The predicted molar refractivity (Wildman–Crippen MR) is 102 cm³/mol. The van der Waals surface area contributed by atoms with Crippen LogP contribution < -0.4 is 19.9 Å². The van der Waals surface area contributed by atoms with Crippen molar-refractivity contribution in [2.45, 2.75) is 40.2 Å². The lowest BCUT2D eigenvalue weighted by Crippen LogP contribution is -2.33. The normalized spacial score (nSPS) is 15.7. The summed E-state index contributed by atoms with van der Waals surface area (Å²) in [6.07, 6.45) is -0.190. The molecule has 0 amide bonds. The lowest BCUT2D eigenvalue weighted by Gasteiger charge is -2.29. The fourth-order valence-corrected chi connectivity index (χ4v) is 3.24. The highest BCUT2D eigenvalue weighted by Crippen LogP contribution is 2.41. The number of benzene rings is 2. The van der Waals surface area contributed by atoms with Crippen molar-refractivity contribution in [2.75, 3.05) is 12.3 Å². The Morgan fingerprint density at radius 3 is 2.44 bits per heavy atom. The van der Waals surface area contributed by atoms with E-state index in [2.05, 4.69) is 0 Å². The van der Waals surface area contributed by atoms with E-state index in [4.69, 9.17) is 19.9 Å². The Balaban J connectivity index is 1.85. The van der Waals surface area contributed by atoms with Crippen LogP contribution in [-0.4, -0.2) is 24.5 Å². The Morgan fingerprint density at radius 2 is 1.81 bits per heavy atom. The van der Waals surface area contributed by atoms with Crippen LogP contribution in [0.5, 0.6) is 17.2 Å². The van der Waals surface area contributed by atoms with Gasteiger partial charge in [0.05, 0.1) is 12.0 Å². The number of Topliss-reactive ketones (excluding diaryl/α,β-unsaturated/α-hetero) is 1. The molecule has 0 fully saturated rings. The summed E-state index contributed by atoms with van der Waals surface area (Å²) in [6.45, 7) is 7.07. The molecule has 0 saturated heterocycles. The van der Waals surface area contributed by atoms with E-state index >= 15 is 0 Å². The number of nitrogens with two attached hydrogens (primary N) is 1. The average Bonchev–Trinajstić information content (AvgIpc) is 2.62. The van der Waals surface area contributed by atoms with Crippen LogP contribution in [0.15, 0.2) is 24.3 Å². The van der Waals surface area contributed by atoms with Crippen LogP contribution >= 0.6 is 0 Å². The van der Waals surface area contributed by atoms with Crippen LogP contribution in [0.2, 0.25) is 0 Å². The molecule has 0 spiro atoms. The minimum absolute atomic E-state index is 0.0452. The van der Waals surface area contributed by atoms with Crippen molar-refractivity contribution in [1.29, 1.82) is 0 Å². The average molecular weight is 369 g/mol. The molecular formula is C21H23NO5. The molecule has 2 aromatic carbocycles. The highest BCUT2D eigenvalue weighted by Gasteiger charge is 2.33. The Morgan fingerprint density at radius 1 is 1.15 bits per heavy atom. The van der Waals surface area contributed by atoms with Gasteiger partial charge in [-0.15, -0.1) is 0 Å². The van der Waals surface area contributed by atoms with Crippen molar-refractivity contribution in [3.63, 3.8) is 0 Å². The number of ketones is 1. The molecule has 6 heteroatoms. The first-order valence-electron chi connectivity index (χ1n) is 8.78. The summed E-state index contributed by atoms with van der Waals surface area (Å²) >= 11 is 0. The number of esters is 1. The summed E-state index contributed by atoms with van der Waals surface area (Å²) < 4.78 is 17.2. The molecular weight excluding hydrogens is 346 g/mol. The molecule has 142 valence electrons. The zero-order chi connectivity index (χ0) is 19.7. The van der Waals surface area contributed by atoms with E-state index in [1.807, 2.05) is 13.8 Å². The van der Waals surface area contributed by atoms with Crippen LogP contribution in [0.1, 0.15) is 40.4 Å². The van der Waals surface area contributed by atoms with Crippen LogP contribution in [0, 0.1) is 20.8 Å². The topological polar surface area (TPSA) is 87.9 Å². The van der Waals surface area contributed by atoms with E-state index in [-0.39, 0.29) is 24.9 Å². The summed E-state index contributed by atoms with van der Waals surface area (Å²) in [4.78, 5) is 24.2. The smallest absolute Gasteiger partial charge is 0.308 e. The first-order chi connectivity index (χ1) is 12.8. The number of fused-ring (bicyclic) bond motifs is 1. The molecule has 1 atom stereocenters. The van der Waals surface area contributed by atoms with Crippen LogP contribution in [0.3, 0.4) is 0 Å². The number of ether oxygens (including phenoxy) is 3. The Bertz CT molecular complexity index is 902. The third-order valence-electron chi connectivity index (χ3n) is 4.72. The van der Waals surface area contributed by atoms with E-state index in [0.717, 1.165) is 11.1 Å². The number of hydrogen-bond acceptors (Lipinski definition) is 6.